The van der Waals surface area contributed by atoms with E-state index in [4.69, 9.17) is 36.4 Å². The lowest BCUT2D eigenvalue weighted by Gasteiger charge is -2.27. The highest BCUT2D eigenvalue weighted by Gasteiger charge is 2.31. The molecule has 0 N–H and O–H groups in total. The predicted molar refractivity (Wildman–Crippen MR) is 135 cm³/mol. The molecule has 1 aliphatic carbocycles. The first-order valence-electron chi connectivity index (χ1n) is 11.9. The van der Waals surface area contributed by atoms with Crippen LogP contribution >= 0.6 is 11.6 Å². The van der Waals surface area contributed by atoms with Crippen LogP contribution in [0.15, 0.2) is 47.2 Å². The van der Waals surface area contributed by atoms with E-state index in [1.165, 1.54) is 0 Å². The molecule has 1 atom stereocenters. The molecule has 2 aliphatic rings. The second kappa shape index (κ2) is 9.73. The summed E-state index contributed by atoms with van der Waals surface area (Å²) in [5.74, 6) is 1.78. The third-order valence-corrected chi connectivity index (χ3v) is 7.00. The zero-order valence-corrected chi connectivity index (χ0v) is 21.0. The van der Waals surface area contributed by atoms with Gasteiger partial charge in [0.15, 0.2) is 5.65 Å². The van der Waals surface area contributed by atoms with Crippen LogP contribution in [-0.2, 0) is 29.2 Å². The quantitative estimate of drug-likeness (QED) is 0.436. The van der Waals surface area contributed by atoms with Gasteiger partial charge in [-0.2, -0.15) is 14.9 Å². The second-order valence-electron chi connectivity index (χ2n) is 8.95. The number of ether oxygens (including phenoxy) is 2. The molecule has 0 spiro atoms. The lowest BCUT2D eigenvalue weighted by molar-refractivity contribution is 0.133. The molecular weight excluding hydrogens is 462 g/mol. The predicted octanol–water partition coefficient (Wildman–Crippen LogP) is 5.50. The van der Waals surface area contributed by atoms with Crippen molar-refractivity contribution >= 4 is 23.1 Å². The molecule has 0 fully saturated rings. The molecule has 0 saturated carbocycles. The Kier molecular flexibility index (Phi) is 6.50. The number of halogens is 1. The van der Waals surface area contributed by atoms with Crippen molar-refractivity contribution in [2.75, 3.05) is 18.6 Å². The van der Waals surface area contributed by atoms with Crippen LogP contribution in [-0.4, -0.2) is 28.3 Å². The molecular formula is C27H28ClN5O2. The number of nitrogens with zero attached hydrogens (tertiary/aromatic N) is 5. The first kappa shape index (κ1) is 23.4. The summed E-state index contributed by atoms with van der Waals surface area (Å²) in [6, 6.07) is 9.96. The summed E-state index contributed by atoms with van der Waals surface area (Å²) in [6.07, 6.45) is 5.65. The lowest BCUT2D eigenvalue weighted by atomic mass is 9.91. The minimum Gasteiger partial charge on any atom is -0.497 e. The molecule has 1 aromatic carbocycles. The van der Waals surface area contributed by atoms with E-state index < -0.39 is 0 Å². The SMILES string of the molecule is CCCN(Cc1ccc(C#N)cc1)c1c2c(nc3c(C4CC=C(OC)C=C4Cl)c(C)nn13)COC2. The molecule has 3 aromatic rings. The van der Waals surface area contributed by atoms with Crippen molar-refractivity contribution in [1.82, 2.24) is 14.6 Å². The number of aryl methyl sites for hydroxylation is 1. The molecule has 7 nitrogen and oxygen atoms in total. The minimum absolute atomic E-state index is 0.0214. The second-order valence-corrected chi connectivity index (χ2v) is 9.38. The van der Waals surface area contributed by atoms with Crippen LogP contribution < -0.4 is 4.90 Å². The fraction of sp³-hybridized carbons (Fsp3) is 0.370. The van der Waals surface area contributed by atoms with Crippen molar-refractivity contribution in [3.63, 3.8) is 0 Å². The number of benzene rings is 1. The molecule has 3 heterocycles. The van der Waals surface area contributed by atoms with E-state index in [1.807, 2.05) is 41.8 Å². The molecule has 5 rings (SSSR count). The summed E-state index contributed by atoms with van der Waals surface area (Å²) in [6.45, 7) is 6.75. The van der Waals surface area contributed by atoms with Crippen molar-refractivity contribution in [2.45, 2.75) is 52.4 Å². The molecule has 2 aromatic heterocycles. The van der Waals surface area contributed by atoms with Crippen molar-refractivity contribution in [3.05, 3.63) is 80.9 Å². The van der Waals surface area contributed by atoms with Gasteiger partial charge >= 0.3 is 0 Å². The highest BCUT2D eigenvalue weighted by Crippen LogP contribution is 2.41. The molecule has 0 saturated heterocycles. The Labute approximate surface area is 210 Å². The van der Waals surface area contributed by atoms with Gasteiger partial charge in [0, 0.05) is 35.2 Å². The number of hydrogen-bond donors (Lipinski definition) is 0. The maximum absolute atomic E-state index is 9.16. The standard InChI is InChI=1S/C27H28ClN5O2/c1-4-11-32(14-19-7-5-18(13-29)6-8-19)27-22-15-35-16-24(22)30-26-25(17(2)31-33(26)27)21-10-9-20(34-3)12-23(21)28/h5-9,12,21H,4,10-11,14-16H2,1-3H3. The van der Waals surface area contributed by atoms with Crippen molar-refractivity contribution in [3.8, 4) is 6.07 Å². The highest BCUT2D eigenvalue weighted by molar-refractivity contribution is 6.30. The number of nitriles is 1. The summed E-state index contributed by atoms with van der Waals surface area (Å²) < 4.78 is 13.2. The number of allylic oxidation sites excluding steroid dienone is 3. The maximum Gasteiger partial charge on any atom is 0.161 e. The third kappa shape index (κ3) is 4.29. The van der Waals surface area contributed by atoms with Gasteiger partial charge in [-0.15, -0.1) is 0 Å². The molecule has 35 heavy (non-hydrogen) atoms. The fourth-order valence-corrected chi connectivity index (χ4v) is 5.26. The van der Waals surface area contributed by atoms with Gasteiger partial charge in [0.2, 0.25) is 0 Å². The van der Waals surface area contributed by atoms with Gasteiger partial charge in [-0.25, -0.2) is 4.98 Å². The van der Waals surface area contributed by atoms with E-state index >= 15 is 0 Å². The smallest absolute Gasteiger partial charge is 0.161 e. The molecule has 1 aliphatic heterocycles. The summed E-state index contributed by atoms with van der Waals surface area (Å²) in [5.41, 5.74) is 6.63. The van der Waals surface area contributed by atoms with Crippen LogP contribution in [0.3, 0.4) is 0 Å². The summed E-state index contributed by atoms with van der Waals surface area (Å²) >= 11 is 6.74. The Bertz CT molecular complexity index is 1370. The zero-order valence-electron chi connectivity index (χ0n) is 20.2. The summed E-state index contributed by atoms with van der Waals surface area (Å²) in [7, 11) is 1.65. The van der Waals surface area contributed by atoms with Gasteiger partial charge in [0.25, 0.3) is 0 Å². The molecule has 180 valence electrons. The Balaban J connectivity index is 1.63. The van der Waals surface area contributed by atoms with E-state index in [-0.39, 0.29) is 5.92 Å². The number of aromatic nitrogens is 3. The number of fused-ring (bicyclic) bond motifs is 2. The average molecular weight is 490 g/mol. The van der Waals surface area contributed by atoms with E-state index in [1.54, 1.807) is 7.11 Å². The Morgan fingerprint density at radius 2 is 2.09 bits per heavy atom. The Hall–Kier alpha value is -3.34. The van der Waals surface area contributed by atoms with Crippen LogP contribution in [0.25, 0.3) is 5.65 Å². The van der Waals surface area contributed by atoms with Gasteiger partial charge < -0.3 is 14.4 Å². The van der Waals surface area contributed by atoms with Crippen LogP contribution in [0.2, 0.25) is 0 Å². The van der Waals surface area contributed by atoms with E-state index in [0.29, 0.717) is 25.3 Å². The highest BCUT2D eigenvalue weighted by atomic mass is 35.5. The van der Waals surface area contributed by atoms with Gasteiger partial charge in [-0.05, 0) is 49.6 Å². The van der Waals surface area contributed by atoms with Crippen molar-refractivity contribution in [1.29, 1.82) is 5.26 Å². The molecule has 0 bridgehead atoms. The van der Waals surface area contributed by atoms with E-state index in [9.17, 15) is 0 Å². The molecule has 8 heteroatoms. The number of anilines is 1. The van der Waals surface area contributed by atoms with Crippen LogP contribution in [0.1, 0.15) is 59.3 Å². The fourth-order valence-electron chi connectivity index (χ4n) is 4.96. The maximum atomic E-state index is 9.16. The summed E-state index contributed by atoms with van der Waals surface area (Å²) in [4.78, 5) is 7.38. The van der Waals surface area contributed by atoms with Crippen molar-refractivity contribution in [2.24, 2.45) is 0 Å². The number of hydrogen-bond acceptors (Lipinski definition) is 6. The van der Waals surface area contributed by atoms with Gasteiger partial charge in [-0.3, -0.25) is 0 Å². The van der Waals surface area contributed by atoms with Crippen LogP contribution in [0.5, 0.6) is 0 Å². The molecule has 1 unspecified atom stereocenters. The number of methoxy groups -OCH3 is 1. The zero-order chi connectivity index (χ0) is 24.5. The molecule has 0 radical (unpaired) electrons. The first-order valence-corrected chi connectivity index (χ1v) is 12.3. The third-order valence-electron chi connectivity index (χ3n) is 6.63. The van der Waals surface area contributed by atoms with E-state index in [2.05, 4.69) is 24.0 Å². The monoisotopic (exact) mass is 489 g/mol. The average Bonchev–Trinajstić information content (AvgIpc) is 3.46. The normalized spacial score (nSPS) is 17.1. The van der Waals surface area contributed by atoms with Gasteiger partial charge in [0.1, 0.15) is 11.6 Å². The van der Waals surface area contributed by atoms with Crippen LogP contribution in [0, 0.1) is 18.3 Å². The molecule has 0 amide bonds. The number of rotatable bonds is 7. The van der Waals surface area contributed by atoms with Crippen molar-refractivity contribution < 1.29 is 9.47 Å². The van der Waals surface area contributed by atoms with E-state index in [0.717, 1.165) is 69.7 Å². The van der Waals surface area contributed by atoms with Gasteiger partial charge in [-0.1, -0.05) is 30.7 Å². The first-order chi connectivity index (χ1) is 17.0. The largest absolute Gasteiger partial charge is 0.497 e. The van der Waals surface area contributed by atoms with Gasteiger partial charge in [0.05, 0.1) is 43.3 Å². The Morgan fingerprint density at radius 3 is 2.77 bits per heavy atom. The summed E-state index contributed by atoms with van der Waals surface area (Å²) in [5, 5.41) is 14.9. The lowest BCUT2D eigenvalue weighted by Crippen LogP contribution is -2.28. The Morgan fingerprint density at radius 1 is 1.29 bits per heavy atom. The minimum atomic E-state index is -0.0214. The topological polar surface area (TPSA) is 75.7 Å². The van der Waals surface area contributed by atoms with Crippen LogP contribution in [0.4, 0.5) is 5.82 Å².